The number of aromatic nitrogens is 5. The largest absolute Gasteiger partial charge is 0.457 e. The molecule has 0 saturated carbocycles. The van der Waals surface area contributed by atoms with Crippen molar-refractivity contribution in [1.82, 2.24) is 24.6 Å². The van der Waals surface area contributed by atoms with Crippen molar-refractivity contribution in [2.24, 2.45) is 0 Å². The summed E-state index contributed by atoms with van der Waals surface area (Å²) < 4.78 is 28.4. The Morgan fingerprint density at radius 3 is 2.65 bits per heavy atom. The predicted octanol–water partition coefficient (Wildman–Crippen LogP) is 6.00. The number of ether oxygens (including phenoxy) is 2. The smallest absolute Gasteiger partial charge is 0.412 e. The van der Waals surface area contributed by atoms with Crippen molar-refractivity contribution in [2.75, 3.05) is 10.6 Å². The number of nitrogens with one attached hydrogen (secondary N) is 2. The van der Waals surface area contributed by atoms with Crippen LogP contribution >= 0.6 is 0 Å². The van der Waals surface area contributed by atoms with Crippen LogP contribution < -0.4 is 15.4 Å². The van der Waals surface area contributed by atoms with Crippen LogP contribution in [0.4, 0.5) is 26.4 Å². The summed E-state index contributed by atoms with van der Waals surface area (Å²) in [4.78, 5) is 24.7. The van der Waals surface area contributed by atoms with E-state index in [0.29, 0.717) is 28.4 Å². The van der Waals surface area contributed by atoms with Gasteiger partial charge in [0.1, 0.15) is 35.6 Å². The number of pyridine rings is 1. The molecular formula is C26H24FN7O3. The van der Waals surface area contributed by atoms with E-state index in [2.05, 4.69) is 30.7 Å². The van der Waals surface area contributed by atoms with Gasteiger partial charge in [-0.25, -0.2) is 28.7 Å². The van der Waals surface area contributed by atoms with Gasteiger partial charge in [0.2, 0.25) is 0 Å². The summed E-state index contributed by atoms with van der Waals surface area (Å²) in [7, 11) is 0. The zero-order valence-electron chi connectivity index (χ0n) is 20.6. The number of halogens is 1. The lowest BCUT2D eigenvalue weighted by Gasteiger charge is -2.20. The molecule has 1 amide bonds. The Balaban J connectivity index is 1.39. The fourth-order valence-electron chi connectivity index (χ4n) is 3.68. The van der Waals surface area contributed by atoms with Crippen LogP contribution in [0.1, 0.15) is 26.3 Å². The molecule has 0 atom stereocenters. The number of aryl methyl sites for hydroxylation is 1. The van der Waals surface area contributed by atoms with Crippen LogP contribution in [0.5, 0.6) is 11.5 Å². The molecule has 0 aliphatic rings. The van der Waals surface area contributed by atoms with Crippen molar-refractivity contribution in [3.05, 3.63) is 72.7 Å². The molecule has 37 heavy (non-hydrogen) atoms. The van der Waals surface area contributed by atoms with Crippen molar-refractivity contribution >= 4 is 39.8 Å². The maximum atomic E-state index is 15.5. The first kappa shape index (κ1) is 23.9. The highest BCUT2D eigenvalue weighted by molar-refractivity contribution is 5.96. The molecule has 5 aromatic rings. The first-order valence-corrected chi connectivity index (χ1v) is 11.4. The molecule has 0 unspecified atom stereocenters. The second-order valence-electron chi connectivity index (χ2n) is 9.30. The molecule has 2 aromatic carbocycles. The van der Waals surface area contributed by atoms with Gasteiger partial charge in [0.15, 0.2) is 11.5 Å². The Morgan fingerprint density at radius 1 is 1.03 bits per heavy atom. The molecule has 0 radical (unpaired) electrons. The number of anilines is 3. The van der Waals surface area contributed by atoms with Crippen LogP contribution in [-0.2, 0) is 4.74 Å². The third-order valence-electron chi connectivity index (χ3n) is 5.29. The minimum absolute atomic E-state index is 0.0378. The summed E-state index contributed by atoms with van der Waals surface area (Å²) in [6.45, 7) is 7.09. The van der Waals surface area contributed by atoms with Crippen molar-refractivity contribution in [3.63, 3.8) is 0 Å². The molecule has 10 nitrogen and oxygen atoms in total. The molecule has 0 aliphatic heterocycles. The molecule has 0 bridgehead atoms. The van der Waals surface area contributed by atoms with Gasteiger partial charge in [-0.05, 0) is 69.7 Å². The second-order valence-corrected chi connectivity index (χ2v) is 9.30. The van der Waals surface area contributed by atoms with Gasteiger partial charge in [-0.1, -0.05) is 0 Å². The number of rotatable bonds is 5. The molecule has 0 fully saturated rings. The minimum Gasteiger partial charge on any atom is -0.457 e. The fraction of sp³-hybridized carbons (Fsp3) is 0.192. The van der Waals surface area contributed by atoms with E-state index >= 15 is 4.39 Å². The Kier molecular flexibility index (Phi) is 6.04. The molecular weight excluding hydrogens is 477 g/mol. The van der Waals surface area contributed by atoms with Gasteiger partial charge in [-0.15, -0.1) is 0 Å². The van der Waals surface area contributed by atoms with Gasteiger partial charge in [-0.2, -0.15) is 5.10 Å². The molecule has 11 heteroatoms. The SMILES string of the molecule is Cc1cc(Nc2ncnc3ccc(NC(=O)OC(C)(C)C)c(F)c23)ccc1Oc1ccn2ncnc2c1. The summed E-state index contributed by atoms with van der Waals surface area (Å²) in [5.41, 5.74) is 1.81. The average molecular weight is 502 g/mol. The van der Waals surface area contributed by atoms with E-state index in [0.717, 1.165) is 5.56 Å². The van der Waals surface area contributed by atoms with E-state index in [4.69, 9.17) is 9.47 Å². The second kappa shape index (κ2) is 9.34. The van der Waals surface area contributed by atoms with Gasteiger partial charge in [0, 0.05) is 18.0 Å². The molecule has 2 N–H and O–H groups in total. The van der Waals surface area contributed by atoms with Crippen molar-refractivity contribution in [2.45, 2.75) is 33.3 Å². The number of hydrogen-bond donors (Lipinski definition) is 2. The third kappa shape index (κ3) is 5.25. The Labute approximate surface area is 211 Å². The maximum absolute atomic E-state index is 15.5. The third-order valence-corrected chi connectivity index (χ3v) is 5.29. The zero-order valence-corrected chi connectivity index (χ0v) is 20.6. The van der Waals surface area contributed by atoms with E-state index in [-0.39, 0.29) is 16.9 Å². The van der Waals surface area contributed by atoms with Crippen LogP contribution in [0.15, 0.2) is 61.3 Å². The molecule has 3 aromatic heterocycles. The summed E-state index contributed by atoms with van der Waals surface area (Å²) in [6.07, 6.45) is 3.83. The minimum atomic E-state index is -0.758. The summed E-state index contributed by atoms with van der Waals surface area (Å²) in [5, 5.41) is 9.81. The van der Waals surface area contributed by atoms with E-state index in [1.165, 1.54) is 18.7 Å². The highest BCUT2D eigenvalue weighted by Gasteiger charge is 2.20. The van der Waals surface area contributed by atoms with Gasteiger partial charge in [-0.3, -0.25) is 5.32 Å². The maximum Gasteiger partial charge on any atom is 0.412 e. The predicted molar refractivity (Wildman–Crippen MR) is 137 cm³/mol. The fourth-order valence-corrected chi connectivity index (χ4v) is 3.68. The lowest BCUT2D eigenvalue weighted by molar-refractivity contribution is 0.0635. The van der Waals surface area contributed by atoms with Gasteiger partial charge >= 0.3 is 6.09 Å². The normalized spacial score (nSPS) is 11.5. The van der Waals surface area contributed by atoms with Crippen LogP contribution in [0, 0.1) is 12.7 Å². The van der Waals surface area contributed by atoms with Crippen molar-refractivity contribution in [1.29, 1.82) is 0 Å². The summed E-state index contributed by atoms with van der Waals surface area (Å²) >= 11 is 0. The molecule has 188 valence electrons. The summed E-state index contributed by atoms with van der Waals surface area (Å²) in [6, 6.07) is 12.1. The Hall–Kier alpha value is -4.80. The number of hydrogen-bond acceptors (Lipinski definition) is 8. The number of carbonyl (C=O) groups excluding carboxylic acids is 1. The molecule has 0 saturated heterocycles. The highest BCUT2D eigenvalue weighted by atomic mass is 19.1. The van der Waals surface area contributed by atoms with E-state index < -0.39 is 17.5 Å². The number of benzene rings is 2. The number of carbonyl (C=O) groups is 1. The van der Waals surface area contributed by atoms with Gasteiger partial charge in [0.25, 0.3) is 0 Å². The molecule has 0 spiro atoms. The van der Waals surface area contributed by atoms with Gasteiger partial charge in [0.05, 0.1) is 16.6 Å². The van der Waals surface area contributed by atoms with E-state index in [9.17, 15) is 4.79 Å². The van der Waals surface area contributed by atoms with Crippen LogP contribution in [0.25, 0.3) is 16.6 Å². The van der Waals surface area contributed by atoms with Crippen molar-refractivity contribution in [3.8, 4) is 11.5 Å². The monoisotopic (exact) mass is 501 g/mol. The van der Waals surface area contributed by atoms with Crippen molar-refractivity contribution < 1.29 is 18.7 Å². The van der Waals surface area contributed by atoms with E-state index in [1.807, 2.05) is 13.0 Å². The Bertz CT molecular complexity index is 1630. The lowest BCUT2D eigenvalue weighted by atomic mass is 10.1. The topological polar surface area (TPSA) is 116 Å². The molecule has 0 aliphatic carbocycles. The lowest BCUT2D eigenvalue weighted by Crippen LogP contribution is -2.27. The van der Waals surface area contributed by atoms with Crippen LogP contribution in [0.3, 0.4) is 0 Å². The first-order chi connectivity index (χ1) is 17.7. The standard InChI is InChI=1S/C26H24FN7O3/c1-15-11-16(5-8-20(15)36-17-9-10-34-21(12-17)29-14-31-34)32-24-22-18(28-13-30-24)6-7-19(23(22)27)33-25(35)37-26(2,3)4/h5-14H,1-4H3,(H,33,35)(H,28,30,32). The van der Waals surface area contributed by atoms with E-state index in [1.54, 1.807) is 61.8 Å². The molecule has 3 heterocycles. The quantitative estimate of drug-likeness (QED) is 0.301. The Morgan fingerprint density at radius 2 is 1.86 bits per heavy atom. The average Bonchev–Trinajstić information content (AvgIpc) is 3.29. The van der Waals surface area contributed by atoms with Crippen LogP contribution in [0.2, 0.25) is 0 Å². The number of amides is 1. The number of nitrogens with zero attached hydrogens (tertiary/aromatic N) is 5. The summed E-state index contributed by atoms with van der Waals surface area (Å²) in [5.74, 6) is 0.850. The first-order valence-electron chi connectivity index (χ1n) is 11.4. The zero-order chi connectivity index (χ0) is 26.2. The highest BCUT2D eigenvalue weighted by Crippen LogP contribution is 2.32. The number of fused-ring (bicyclic) bond motifs is 2. The van der Waals surface area contributed by atoms with Crippen LogP contribution in [-0.4, -0.2) is 36.3 Å². The van der Waals surface area contributed by atoms with Gasteiger partial charge < -0.3 is 14.8 Å². The molecule has 5 rings (SSSR count).